The first-order valence-corrected chi connectivity index (χ1v) is 8.19. The average molecular weight is 319 g/mol. The summed E-state index contributed by atoms with van der Waals surface area (Å²) in [6.07, 6.45) is 2.89. The number of anilines is 1. The van der Waals surface area contributed by atoms with E-state index in [0.717, 1.165) is 19.3 Å². The number of hydrogen-bond acceptors (Lipinski definition) is 4. The Bertz CT molecular complexity index is 530. The van der Waals surface area contributed by atoms with Gasteiger partial charge in [0.05, 0.1) is 0 Å². The summed E-state index contributed by atoms with van der Waals surface area (Å²) in [6.45, 7) is 3.56. The van der Waals surface area contributed by atoms with E-state index in [1.54, 1.807) is 29.2 Å². The molecule has 1 unspecified atom stereocenters. The molecular weight excluding hydrogens is 294 g/mol. The summed E-state index contributed by atoms with van der Waals surface area (Å²) in [5.41, 5.74) is 6.09. The topological polar surface area (TPSA) is 84.7 Å². The number of nitrogens with two attached hydrogens (primary N) is 1. The third-order valence-corrected chi connectivity index (χ3v) is 3.85. The molecule has 0 bridgehead atoms. The van der Waals surface area contributed by atoms with Crippen molar-refractivity contribution in [3.63, 3.8) is 0 Å². The van der Waals surface area contributed by atoms with Gasteiger partial charge in [-0.05, 0) is 43.5 Å². The number of likely N-dealkylation sites (tertiary alicyclic amines) is 1. The van der Waals surface area contributed by atoms with Crippen molar-refractivity contribution in [3.05, 3.63) is 24.3 Å². The minimum absolute atomic E-state index is 0.0654. The number of rotatable bonds is 7. The Morgan fingerprint density at radius 3 is 2.74 bits per heavy atom. The Morgan fingerprint density at radius 2 is 2.09 bits per heavy atom. The molecule has 1 saturated heterocycles. The second-order valence-corrected chi connectivity index (χ2v) is 5.65. The van der Waals surface area contributed by atoms with Crippen LogP contribution in [-0.2, 0) is 9.59 Å². The maximum Gasteiger partial charge on any atom is 0.247 e. The third kappa shape index (κ3) is 4.69. The molecule has 126 valence electrons. The highest BCUT2D eigenvalue weighted by Crippen LogP contribution is 2.21. The summed E-state index contributed by atoms with van der Waals surface area (Å²) >= 11 is 0. The molecule has 3 N–H and O–H groups in total. The number of carbonyl (C=O) groups excluding carboxylic acids is 2. The fourth-order valence-corrected chi connectivity index (χ4v) is 2.73. The summed E-state index contributed by atoms with van der Waals surface area (Å²) in [5, 5.41) is 2.88. The van der Waals surface area contributed by atoms with Crippen molar-refractivity contribution >= 4 is 17.5 Å². The number of benzene rings is 1. The first-order chi connectivity index (χ1) is 11.2. The lowest BCUT2D eigenvalue weighted by Gasteiger charge is -2.24. The molecule has 2 amide bonds. The molecular formula is C17H25N3O3. The molecule has 0 aliphatic carbocycles. The van der Waals surface area contributed by atoms with Crippen LogP contribution in [0.5, 0.6) is 5.75 Å². The van der Waals surface area contributed by atoms with Crippen LogP contribution in [0.25, 0.3) is 0 Å². The fraction of sp³-hybridized carbons (Fsp3) is 0.529. The maximum atomic E-state index is 12.4. The fourth-order valence-electron chi connectivity index (χ4n) is 2.73. The van der Waals surface area contributed by atoms with Gasteiger partial charge in [-0.2, -0.15) is 0 Å². The Morgan fingerprint density at radius 1 is 1.35 bits per heavy atom. The van der Waals surface area contributed by atoms with Crippen LogP contribution in [0.2, 0.25) is 0 Å². The van der Waals surface area contributed by atoms with Gasteiger partial charge in [-0.1, -0.05) is 6.92 Å². The van der Waals surface area contributed by atoms with Crippen LogP contribution < -0.4 is 15.8 Å². The summed E-state index contributed by atoms with van der Waals surface area (Å²) in [5.74, 6) is 0.660. The van der Waals surface area contributed by atoms with Crippen molar-refractivity contribution in [2.75, 3.05) is 25.0 Å². The first kappa shape index (κ1) is 17.3. The summed E-state index contributed by atoms with van der Waals surface area (Å²) in [4.78, 5) is 26.2. The van der Waals surface area contributed by atoms with Crippen LogP contribution in [0, 0.1) is 0 Å². The molecule has 2 rings (SSSR count). The van der Waals surface area contributed by atoms with Gasteiger partial charge < -0.3 is 20.7 Å². The molecule has 6 heteroatoms. The lowest BCUT2D eigenvalue weighted by atomic mass is 10.2. The lowest BCUT2D eigenvalue weighted by Crippen LogP contribution is -2.43. The molecule has 0 saturated carbocycles. The van der Waals surface area contributed by atoms with Crippen LogP contribution in [0.15, 0.2) is 24.3 Å². The predicted molar refractivity (Wildman–Crippen MR) is 89.3 cm³/mol. The minimum atomic E-state index is -0.359. The zero-order chi connectivity index (χ0) is 16.7. The molecule has 1 aliphatic heterocycles. The summed E-state index contributed by atoms with van der Waals surface area (Å²) < 4.78 is 5.40. The largest absolute Gasteiger partial charge is 0.492 e. The SMILES string of the molecule is CCCC(=O)N1CCCC1C(=O)Nc1ccc(OCCN)cc1. The van der Waals surface area contributed by atoms with Gasteiger partial charge in [0.1, 0.15) is 18.4 Å². The summed E-state index contributed by atoms with van der Waals surface area (Å²) in [7, 11) is 0. The molecule has 6 nitrogen and oxygen atoms in total. The minimum Gasteiger partial charge on any atom is -0.492 e. The van der Waals surface area contributed by atoms with Crippen molar-refractivity contribution in [2.45, 2.75) is 38.6 Å². The molecule has 0 spiro atoms. The molecule has 1 heterocycles. The average Bonchev–Trinajstić information content (AvgIpc) is 3.04. The highest BCUT2D eigenvalue weighted by Gasteiger charge is 2.33. The number of nitrogens with one attached hydrogen (secondary N) is 1. The summed E-state index contributed by atoms with van der Waals surface area (Å²) in [6, 6.07) is 6.80. The van der Waals surface area contributed by atoms with E-state index in [0.29, 0.717) is 37.6 Å². The van der Waals surface area contributed by atoms with E-state index < -0.39 is 0 Å². The number of amides is 2. The highest BCUT2D eigenvalue weighted by molar-refractivity contribution is 5.97. The zero-order valence-electron chi connectivity index (χ0n) is 13.6. The normalized spacial score (nSPS) is 17.1. The van der Waals surface area contributed by atoms with Gasteiger partial charge >= 0.3 is 0 Å². The number of carbonyl (C=O) groups is 2. The monoisotopic (exact) mass is 319 g/mol. The van der Waals surface area contributed by atoms with E-state index in [1.165, 1.54) is 0 Å². The molecule has 1 fully saturated rings. The van der Waals surface area contributed by atoms with E-state index in [-0.39, 0.29) is 17.9 Å². The Labute approximate surface area is 137 Å². The van der Waals surface area contributed by atoms with Gasteiger partial charge in [0.2, 0.25) is 11.8 Å². The standard InChI is InChI=1S/C17H25N3O3/c1-2-4-16(21)20-11-3-5-15(20)17(22)19-13-6-8-14(9-7-13)23-12-10-18/h6-9,15H,2-5,10-12,18H2,1H3,(H,19,22). The van der Waals surface area contributed by atoms with E-state index in [4.69, 9.17) is 10.5 Å². The van der Waals surface area contributed by atoms with Gasteiger partial charge in [-0.25, -0.2) is 0 Å². The van der Waals surface area contributed by atoms with Crippen molar-refractivity contribution in [2.24, 2.45) is 5.73 Å². The van der Waals surface area contributed by atoms with Crippen molar-refractivity contribution in [1.82, 2.24) is 4.90 Å². The number of hydrogen-bond donors (Lipinski definition) is 2. The predicted octanol–water partition coefficient (Wildman–Crippen LogP) is 1.75. The number of nitrogens with zero attached hydrogens (tertiary/aromatic N) is 1. The van der Waals surface area contributed by atoms with Gasteiger partial charge in [0.15, 0.2) is 0 Å². The molecule has 0 aromatic heterocycles. The number of ether oxygens (including phenoxy) is 1. The van der Waals surface area contributed by atoms with Crippen LogP contribution >= 0.6 is 0 Å². The highest BCUT2D eigenvalue weighted by atomic mass is 16.5. The lowest BCUT2D eigenvalue weighted by molar-refractivity contribution is -0.136. The Kier molecular flexibility index (Phi) is 6.40. The van der Waals surface area contributed by atoms with Crippen LogP contribution in [0.1, 0.15) is 32.6 Å². The molecule has 23 heavy (non-hydrogen) atoms. The van der Waals surface area contributed by atoms with Gasteiger partial charge in [-0.3, -0.25) is 9.59 Å². The van der Waals surface area contributed by atoms with E-state index in [2.05, 4.69) is 5.32 Å². The van der Waals surface area contributed by atoms with E-state index in [1.807, 2.05) is 6.92 Å². The van der Waals surface area contributed by atoms with Gasteiger partial charge in [0.25, 0.3) is 0 Å². The smallest absolute Gasteiger partial charge is 0.247 e. The van der Waals surface area contributed by atoms with Gasteiger partial charge in [-0.15, -0.1) is 0 Å². The zero-order valence-corrected chi connectivity index (χ0v) is 13.6. The Balaban J connectivity index is 1.94. The van der Waals surface area contributed by atoms with E-state index >= 15 is 0 Å². The van der Waals surface area contributed by atoms with Crippen LogP contribution in [-0.4, -0.2) is 42.5 Å². The van der Waals surface area contributed by atoms with E-state index in [9.17, 15) is 9.59 Å². The molecule has 1 atom stereocenters. The van der Waals surface area contributed by atoms with Crippen LogP contribution in [0.4, 0.5) is 5.69 Å². The molecule has 0 radical (unpaired) electrons. The van der Waals surface area contributed by atoms with Crippen molar-refractivity contribution in [1.29, 1.82) is 0 Å². The molecule has 1 aliphatic rings. The second-order valence-electron chi connectivity index (χ2n) is 5.65. The van der Waals surface area contributed by atoms with Gasteiger partial charge in [0, 0.05) is 25.2 Å². The molecule has 1 aromatic rings. The van der Waals surface area contributed by atoms with Crippen molar-refractivity contribution < 1.29 is 14.3 Å². The third-order valence-electron chi connectivity index (χ3n) is 3.85. The maximum absolute atomic E-state index is 12.4. The first-order valence-electron chi connectivity index (χ1n) is 8.19. The quantitative estimate of drug-likeness (QED) is 0.802. The second kappa shape index (κ2) is 8.53. The molecule has 1 aromatic carbocycles. The van der Waals surface area contributed by atoms with Crippen LogP contribution in [0.3, 0.4) is 0 Å². The van der Waals surface area contributed by atoms with Crippen molar-refractivity contribution in [3.8, 4) is 5.75 Å². The Hall–Kier alpha value is -2.08.